The lowest BCUT2D eigenvalue weighted by atomic mass is 10.2. The molecular formula is C10H9N3O4S. The van der Waals surface area contributed by atoms with Gasteiger partial charge in [0.15, 0.2) is 11.5 Å². The van der Waals surface area contributed by atoms with E-state index in [2.05, 4.69) is 14.7 Å². The standard InChI is InChI=1S/C10H9N3O4S/c1-18(16)13-8-4-6(2-3-11-8)9-12-7(5-17-9)10(14)15/h2-5H,1H3,(H,11,13)(H,14,15). The molecule has 2 rings (SSSR count). The van der Waals surface area contributed by atoms with Gasteiger partial charge in [-0.1, -0.05) is 0 Å². The van der Waals surface area contributed by atoms with Crippen LogP contribution in [-0.2, 0) is 11.4 Å². The molecular weight excluding hydrogens is 258 g/mol. The van der Waals surface area contributed by atoms with Gasteiger partial charge < -0.3 is 14.1 Å². The van der Waals surface area contributed by atoms with Crippen molar-refractivity contribution >= 4 is 23.1 Å². The summed E-state index contributed by atoms with van der Waals surface area (Å²) in [7, 11) is 0. The number of oxazole rings is 1. The molecule has 0 saturated carbocycles. The maximum atomic E-state index is 11.0. The van der Waals surface area contributed by atoms with Gasteiger partial charge in [0.25, 0.3) is 0 Å². The van der Waals surface area contributed by atoms with Crippen molar-refractivity contribution in [3.63, 3.8) is 0 Å². The van der Waals surface area contributed by atoms with Crippen molar-refractivity contribution in [1.82, 2.24) is 9.97 Å². The van der Waals surface area contributed by atoms with E-state index >= 15 is 0 Å². The Morgan fingerprint density at radius 3 is 3.00 bits per heavy atom. The average Bonchev–Trinajstić information content (AvgIpc) is 2.77. The zero-order valence-electron chi connectivity index (χ0n) is 9.28. The number of nitrogens with zero attached hydrogens (tertiary/aromatic N) is 2. The molecule has 0 fully saturated rings. The highest BCUT2D eigenvalue weighted by Crippen LogP contribution is 2.20. The van der Waals surface area contributed by atoms with Crippen LogP contribution in [0.25, 0.3) is 11.5 Å². The summed E-state index contributed by atoms with van der Waals surface area (Å²) < 4.78 is 18.7. The SMILES string of the molecule is C[S+]([O-])Nc1cc(-c2nc(C(=O)O)co2)ccn1. The lowest BCUT2D eigenvalue weighted by Crippen LogP contribution is -2.10. The summed E-state index contributed by atoms with van der Waals surface area (Å²) in [5.74, 6) is -0.602. The molecule has 0 aliphatic heterocycles. The molecule has 0 amide bonds. The van der Waals surface area contributed by atoms with Crippen molar-refractivity contribution < 1.29 is 18.9 Å². The molecule has 94 valence electrons. The van der Waals surface area contributed by atoms with Crippen LogP contribution in [0.4, 0.5) is 5.82 Å². The molecule has 8 heteroatoms. The molecule has 0 bridgehead atoms. The lowest BCUT2D eigenvalue weighted by Gasteiger charge is -2.06. The maximum Gasteiger partial charge on any atom is 0.357 e. The Kier molecular flexibility index (Phi) is 3.49. The highest BCUT2D eigenvalue weighted by Gasteiger charge is 2.13. The number of nitrogens with one attached hydrogen (secondary N) is 1. The van der Waals surface area contributed by atoms with Gasteiger partial charge in [-0.2, -0.15) is 4.72 Å². The van der Waals surface area contributed by atoms with Crippen LogP contribution in [0, 0.1) is 0 Å². The van der Waals surface area contributed by atoms with Gasteiger partial charge in [-0.3, -0.25) is 0 Å². The van der Waals surface area contributed by atoms with Gasteiger partial charge in [0.1, 0.15) is 12.5 Å². The van der Waals surface area contributed by atoms with Crippen LogP contribution in [0.2, 0.25) is 0 Å². The van der Waals surface area contributed by atoms with E-state index in [-0.39, 0.29) is 11.6 Å². The van der Waals surface area contributed by atoms with E-state index in [0.717, 1.165) is 6.26 Å². The third kappa shape index (κ3) is 2.79. The first-order valence-electron chi connectivity index (χ1n) is 4.81. The van der Waals surface area contributed by atoms with Crippen LogP contribution in [-0.4, -0.2) is 31.9 Å². The first-order valence-corrected chi connectivity index (χ1v) is 6.37. The monoisotopic (exact) mass is 267 g/mol. The Balaban J connectivity index is 2.29. The zero-order chi connectivity index (χ0) is 13.1. The molecule has 18 heavy (non-hydrogen) atoms. The number of aromatic nitrogens is 2. The maximum absolute atomic E-state index is 11.0. The molecule has 0 spiro atoms. The largest absolute Gasteiger partial charge is 0.593 e. The van der Waals surface area contributed by atoms with Gasteiger partial charge in [0, 0.05) is 11.8 Å². The van der Waals surface area contributed by atoms with Crippen molar-refractivity contribution in [2.45, 2.75) is 0 Å². The summed E-state index contributed by atoms with van der Waals surface area (Å²) >= 11 is -1.24. The molecule has 1 atom stereocenters. The minimum atomic E-state index is -1.24. The van der Waals surface area contributed by atoms with Gasteiger partial charge in [0.2, 0.25) is 5.89 Å². The van der Waals surface area contributed by atoms with E-state index in [1.54, 1.807) is 12.1 Å². The fourth-order valence-corrected chi connectivity index (χ4v) is 1.68. The predicted octanol–water partition coefficient (Wildman–Crippen LogP) is 1.14. The minimum Gasteiger partial charge on any atom is -0.593 e. The van der Waals surface area contributed by atoms with E-state index in [0.29, 0.717) is 11.4 Å². The zero-order valence-corrected chi connectivity index (χ0v) is 10.1. The van der Waals surface area contributed by atoms with E-state index < -0.39 is 17.3 Å². The molecule has 2 aromatic rings. The van der Waals surface area contributed by atoms with Crippen LogP contribution in [0.1, 0.15) is 10.5 Å². The molecule has 0 aliphatic carbocycles. The summed E-state index contributed by atoms with van der Waals surface area (Å²) in [6.45, 7) is 0. The quantitative estimate of drug-likeness (QED) is 0.799. The van der Waals surface area contributed by atoms with E-state index in [4.69, 9.17) is 9.52 Å². The highest BCUT2D eigenvalue weighted by molar-refractivity contribution is 7.92. The molecule has 2 heterocycles. The Bertz CT molecular complexity index is 570. The van der Waals surface area contributed by atoms with Crippen molar-refractivity contribution in [3.05, 3.63) is 30.3 Å². The predicted molar refractivity (Wildman–Crippen MR) is 64.4 cm³/mol. The molecule has 2 aromatic heterocycles. The number of hydrogen-bond acceptors (Lipinski definition) is 6. The Labute approximate surface area is 105 Å². The minimum absolute atomic E-state index is 0.166. The number of anilines is 1. The molecule has 2 N–H and O–H groups in total. The fraction of sp³-hybridized carbons (Fsp3) is 0.100. The summed E-state index contributed by atoms with van der Waals surface area (Å²) in [5.41, 5.74) is 0.376. The number of carboxylic acid groups (broad SMARTS) is 1. The average molecular weight is 267 g/mol. The smallest absolute Gasteiger partial charge is 0.357 e. The van der Waals surface area contributed by atoms with Gasteiger partial charge in [-0.25, -0.2) is 14.8 Å². The first kappa shape index (κ1) is 12.4. The van der Waals surface area contributed by atoms with Crippen molar-refractivity contribution in [3.8, 4) is 11.5 Å². The summed E-state index contributed by atoms with van der Waals surface area (Å²) in [4.78, 5) is 18.4. The third-order valence-corrected chi connectivity index (χ3v) is 2.48. The fourth-order valence-electron chi connectivity index (χ4n) is 1.27. The second-order valence-electron chi connectivity index (χ2n) is 3.33. The topological polar surface area (TPSA) is 111 Å². The number of hydrogen-bond donors (Lipinski definition) is 2. The molecule has 0 radical (unpaired) electrons. The third-order valence-electron chi connectivity index (χ3n) is 1.98. The lowest BCUT2D eigenvalue weighted by molar-refractivity contribution is 0.0690. The summed E-state index contributed by atoms with van der Waals surface area (Å²) in [6, 6.07) is 3.18. The number of rotatable bonds is 4. The van der Waals surface area contributed by atoms with Crippen LogP contribution in [0.15, 0.2) is 29.0 Å². The highest BCUT2D eigenvalue weighted by atomic mass is 32.2. The number of carboxylic acids is 1. The van der Waals surface area contributed by atoms with Crippen molar-refractivity contribution in [1.29, 1.82) is 0 Å². The van der Waals surface area contributed by atoms with Gasteiger partial charge >= 0.3 is 5.97 Å². The Morgan fingerprint density at radius 2 is 2.39 bits per heavy atom. The number of pyridine rings is 1. The Hall–Kier alpha value is -2.06. The van der Waals surface area contributed by atoms with E-state index in [1.165, 1.54) is 12.5 Å². The number of carbonyl (C=O) groups is 1. The second kappa shape index (κ2) is 5.07. The number of aromatic carboxylic acids is 1. The molecule has 0 aromatic carbocycles. The van der Waals surface area contributed by atoms with Crippen LogP contribution < -0.4 is 4.72 Å². The molecule has 1 unspecified atom stereocenters. The van der Waals surface area contributed by atoms with Crippen LogP contribution in [0.5, 0.6) is 0 Å². The van der Waals surface area contributed by atoms with Crippen LogP contribution in [0.3, 0.4) is 0 Å². The second-order valence-corrected chi connectivity index (χ2v) is 4.44. The molecule has 7 nitrogen and oxygen atoms in total. The van der Waals surface area contributed by atoms with E-state index in [9.17, 15) is 9.35 Å². The Morgan fingerprint density at radius 1 is 1.61 bits per heavy atom. The summed E-state index contributed by atoms with van der Waals surface area (Å²) in [6.07, 6.45) is 4.01. The van der Waals surface area contributed by atoms with Crippen molar-refractivity contribution in [2.75, 3.05) is 11.0 Å². The van der Waals surface area contributed by atoms with Crippen molar-refractivity contribution in [2.24, 2.45) is 0 Å². The summed E-state index contributed by atoms with van der Waals surface area (Å²) in [5, 5.41) is 8.73. The van der Waals surface area contributed by atoms with E-state index in [1.807, 2.05) is 0 Å². The van der Waals surface area contributed by atoms with Gasteiger partial charge in [-0.05, 0) is 12.1 Å². The normalized spacial score (nSPS) is 12.1. The molecule has 0 saturated heterocycles. The van der Waals surface area contributed by atoms with Gasteiger partial charge in [-0.15, -0.1) is 0 Å². The van der Waals surface area contributed by atoms with Gasteiger partial charge in [0.05, 0.1) is 11.4 Å². The first-order chi connectivity index (χ1) is 8.56. The van der Waals surface area contributed by atoms with Crippen LogP contribution >= 0.6 is 0 Å². The molecule has 0 aliphatic rings.